The van der Waals surface area contributed by atoms with Gasteiger partial charge in [-0.25, -0.2) is 4.79 Å². The van der Waals surface area contributed by atoms with Crippen LogP contribution < -0.4 is 5.43 Å². The van der Waals surface area contributed by atoms with Crippen LogP contribution in [-0.4, -0.2) is 23.6 Å². The molecule has 1 aliphatic rings. The van der Waals surface area contributed by atoms with Crippen LogP contribution in [0.15, 0.2) is 54.6 Å². The molecule has 27 heavy (non-hydrogen) atoms. The molecule has 2 aromatic rings. The Morgan fingerprint density at radius 3 is 2.22 bits per heavy atom. The van der Waals surface area contributed by atoms with Crippen molar-refractivity contribution in [3.05, 3.63) is 71.3 Å². The van der Waals surface area contributed by atoms with Crippen molar-refractivity contribution in [2.24, 2.45) is 5.92 Å². The lowest BCUT2D eigenvalue weighted by molar-refractivity contribution is -0.225. The van der Waals surface area contributed by atoms with Gasteiger partial charge in [-0.05, 0) is 42.4 Å². The minimum atomic E-state index is -0.382. The summed E-state index contributed by atoms with van der Waals surface area (Å²) in [5.41, 5.74) is 6.38. The zero-order valence-electron chi connectivity index (χ0n) is 15.7. The van der Waals surface area contributed by atoms with Crippen LogP contribution in [0.4, 0.5) is 0 Å². The molecule has 1 fully saturated rings. The van der Waals surface area contributed by atoms with E-state index in [9.17, 15) is 9.59 Å². The van der Waals surface area contributed by atoms with Crippen LogP contribution in [0.25, 0.3) is 0 Å². The molecule has 3 rings (SSSR count). The second-order valence-electron chi connectivity index (χ2n) is 7.05. The van der Waals surface area contributed by atoms with Crippen LogP contribution in [0.2, 0.25) is 0 Å². The van der Waals surface area contributed by atoms with Crippen LogP contribution in [0, 0.1) is 5.92 Å². The third-order valence-corrected chi connectivity index (χ3v) is 4.75. The predicted octanol–water partition coefficient (Wildman–Crippen LogP) is 3.24. The fraction of sp³-hybridized carbons (Fsp3) is 0.364. The Morgan fingerprint density at radius 2 is 1.59 bits per heavy atom. The molecule has 1 atom stereocenters. The van der Waals surface area contributed by atoms with Crippen LogP contribution in [0.3, 0.4) is 0 Å². The first-order chi connectivity index (χ1) is 13.1. The maximum atomic E-state index is 12.2. The van der Waals surface area contributed by atoms with Crippen molar-refractivity contribution >= 4 is 11.9 Å². The zero-order valence-corrected chi connectivity index (χ0v) is 15.7. The van der Waals surface area contributed by atoms with Crippen LogP contribution in [-0.2, 0) is 33.7 Å². The van der Waals surface area contributed by atoms with E-state index >= 15 is 0 Å². The number of hydrazine groups is 1. The van der Waals surface area contributed by atoms with Gasteiger partial charge >= 0.3 is 5.97 Å². The summed E-state index contributed by atoms with van der Waals surface area (Å²) in [6.45, 7) is 2.17. The first kappa shape index (κ1) is 19.1. The fourth-order valence-corrected chi connectivity index (χ4v) is 3.03. The number of hydrogen-bond donors (Lipinski definition) is 1. The van der Waals surface area contributed by atoms with Gasteiger partial charge in [-0.1, -0.05) is 66.7 Å². The number of benzene rings is 2. The maximum Gasteiger partial charge on any atom is 0.338 e. The molecule has 1 heterocycles. The number of amides is 1. The molecule has 0 saturated carbocycles. The summed E-state index contributed by atoms with van der Waals surface area (Å²) in [7, 11) is 0. The number of carbonyl (C=O) groups excluding carboxylic acids is 2. The van der Waals surface area contributed by atoms with Gasteiger partial charge < -0.3 is 4.84 Å². The molecule has 1 amide bonds. The van der Waals surface area contributed by atoms with Crippen molar-refractivity contribution in [2.45, 2.75) is 39.0 Å². The highest BCUT2D eigenvalue weighted by Gasteiger charge is 2.28. The summed E-state index contributed by atoms with van der Waals surface area (Å²) < 4.78 is 0. The molecular formula is C22H26N2O3. The number of hydrogen-bond acceptors (Lipinski definition) is 4. The molecule has 0 spiro atoms. The van der Waals surface area contributed by atoms with E-state index < -0.39 is 0 Å². The van der Waals surface area contributed by atoms with E-state index in [1.54, 1.807) is 6.92 Å². The molecule has 1 saturated heterocycles. The molecule has 5 nitrogen and oxygen atoms in total. The topological polar surface area (TPSA) is 58.6 Å². The summed E-state index contributed by atoms with van der Waals surface area (Å²) in [5.74, 6) is -0.894. The molecule has 2 aromatic carbocycles. The largest absolute Gasteiger partial charge is 0.338 e. The molecule has 0 radical (unpaired) electrons. The third-order valence-electron chi connectivity index (χ3n) is 4.75. The molecule has 0 unspecified atom stereocenters. The van der Waals surface area contributed by atoms with Crippen molar-refractivity contribution in [1.82, 2.24) is 10.6 Å². The minimum absolute atomic E-state index is 0.197. The number of nitrogens with zero attached hydrogens (tertiary/aromatic N) is 1. The van der Waals surface area contributed by atoms with Crippen LogP contribution >= 0.6 is 0 Å². The molecule has 142 valence electrons. The summed E-state index contributed by atoms with van der Waals surface area (Å²) in [6.07, 6.45) is 4.63. The average Bonchev–Trinajstić information content (AvgIpc) is 2.69. The average molecular weight is 366 g/mol. The Bertz CT molecular complexity index is 759. The lowest BCUT2D eigenvalue weighted by Gasteiger charge is -2.28. The van der Waals surface area contributed by atoms with Gasteiger partial charge in [0.15, 0.2) is 0 Å². The number of nitrogens with one attached hydrogen (secondary N) is 1. The van der Waals surface area contributed by atoms with E-state index in [1.165, 1.54) is 11.1 Å². The van der Waals surface area contributed by atoms with E-state index in [-0.39, 0.29) is 24.2 Å². The Kier molecular flexibility index (Phi) is 6.60. The first-order valence-corrected chi connectivity index (χ1v) is 9.52. The minimum Gasteiger partial charge on any atom is -0.322 e. The molecule has 0 aromatic heterocycles. The first-order valence-electron chi connectivity index (χ1n) is 9.52. The van der Waals surface area contributed by atoms with Gasteiger partial charge in [-0.2, -0.15) is 5.43 Å². The third kappa shape index (κ3) is 5.66. The Hall–Kier alpha value is -2.66. The number of hydroxylamine groups is 1. The lowest BCUT2D eigenvalue weighted by Crippen LogP contribution is -2.52. The SMILES string of the molecule is C[C@@H]1CNN(C(=O)Cc2ccc(CCCCc3ccccc3)cc2)OC1=O. The number of carbonyl (C=O) groups is 2. The molecular weight excluding hydrogens is 340 g/mol. The van der Waals surface area contributed by atoms with Gasteiger partial charge in [0.05, 0.1) is 12.3 Å². The molecule has 0 aliphatic carbocycles. The van der Waals surface area contributed by atoms with Gasteiger partial charge in [0, 0.05) is 6.54 Å². The van der Waals surface area contributed by atoms with Crippen molar-refractivity contribution in [2.75, 3.05) is 6.54 Å². The number of unbranched alkanes of at least 4 members (excludes halogenated alkanes) is 1. The van der Waals surface area contributed by atoms with Crippen molar-refractivity contribution in [1.29, 1.82) is 0 Å². The van der Waals surface area contributed by atoms with Gasteiger partial charge in [0.2, 0.25) is 0 Å². The second kappa shape index (κ2) is 9.33. The predicted molar refractivity (Wildman–Crippen MR) is 103 cm³/mol. The Labute approximate surface area is 160 Å². The van der Waals surface area contributed by atoms with E-state index in [4.69, 9.17) is 4.84 Å². The highest BCUT2D eigenvalue weighted by molar-refractivity contribution is 5.81. The number of rotatable bonds is 7. The summed E-state index contributed by atoms with van der Waals surface area (Å²) in [4.78, 5) is 28.8. The second-order valence-corrected chi connectivity index (χ2v) is 7.05. The molecule has 0 bridgehead atoms. The summed E-state index contributed by atoms with van der Waals surface area (Å²) in [6, 6.07) is 18.6. The zero-order chi connectivity index (χ0) is 19.1. The van der Waals surface area contributed by atoms with E-state index in [0.717, 1.165) is 36.4 Å². The van der Waals surface area contributed by atoms with Gasteiger partial charge in [0.1, 0.15) is 0 Å². The quantitative estimate of drug-likeness (QED) is 0.765. The monoisotopic (exact) mass is 366 g/mol. The van der Waals surface area contributed by atoms with Crippen LogP contribution in [0.1, 0.15) is 36.5 Å². The van der Waals surface area contributed by atoms with Gasteiger partial charge in [-0.3, -0.25) is 4.79 Å². The smallest absolute Gasteiger partial charge is 0.322 e. The summed E-state index contributed by atoms with van der Waals surface area (Å²) in [5, 5.41) is 0.958. The molecule has 5 heteroatoms. The molecule has 1 aliphatic heterocycles. The van der Waals surface area contributed by atoms with Crippen molar-refractivity contribution < 1.29 is 14.4 Å². The highest BCUT2D eigenvalue weighted by atomic mass is 16.7. The highest BCUT2D eigenvalue weighted by Crippen LogP contribution is 2.13. The Balaban J connectivity index is 1.42. The standard InChI is InChI=1S/C22H26N2O3/c1-17-16-23-24(27-22(17)26)21(25)15-20-13-11-19(12-14-20)10-6-5-9-18-7-3-2-4-8-18/h2-4,7-8,11-14,17,23H,5-6,9-10,15-16H2,1H3/t17-/m1/s1. The fourth-order valence-electron chi connectivity index (χ4n) is 3.03. The van der Waals surface area contributed by atoms with Crippen molar-refractivity contribution in [3.63, 3.8) is 0 Å². The number of aryl methyl sites for hydroxylation is 2. The van der Waals surface area contributed by atoms with E-state index in [2.05, 4.69) is 41.8 Å². The Morgan fingerprint density at radius 1 is 1.00 bits per heavy atom. The van der Waals surface area contributed by atoms with Crippen LogP contribution in [0.5, 0.6) is 0 Å². The van der Waals surface area contributed by atoms with E-state index in [0.29, 0.717) is 6.54 Å². The van der Waals surface area contributed by atoms with Gasteiger partial charge in [-0.15, -0.1) is 0 Å². The molecule has 1 N–H and O–H groups in total. The normalized spacial score (nSPS) is 16.9. The lowest BCUT2D eigenvalue weighted by atomic mass is 10.0. The van der Waals surface area contributed by atoms with E-state index in [1.807, 2.05) is 18.2 Å². The van der Waals surface area contributed by atoms with Crippen molar-refractivity contribution in [3.8, 4) is 0 Å². The summed E-state index contributed by atoms with van der Waals surface area (Å²) >= 11 is 0. The maximum absolute atomic E-state index is 12.2. The van der Waals surface area contributed by atoms with Gasteiger partial charge in [0.25, 0.3) is 5.91 Å².